The van der Waals surface area contributed by atoms with Gasteiger partial charge in [-0.15, -0.1) is 0 Å². The first-order chi connectivity index (χ1) is 9.05. The summed E-state index contributed by atoms with van der Waals surface area (Å²) in [5.74, 6) is 0. The number of hydrogen-bond donors (Lipinski definition) is 2. The van der Waals surface area contributed by atoms with Crippen LogP contribution in [0.1, 0.15) is 13.3 Å². The average molecular weight is 294 g/mol. The molecule has 0 aromatic rings. The van der Waals surface area contributed by atoms with Gasteiger partial charge in [0.1, 0.15) is 0 Å². The van der Waals surface area contributed by atoms with Crippen LogP contribution in [0.3, 0.4) is 0 Å². The van der Waals surface area contributed by atoms with E-state index < -0.39 is 10.2 Å². The van der Waals surface area contributed by atoms with E-state index in [9.17, 15) is 8.42 Å². The molecule has 0 aromatic carbocycles. The van der Waals surface area contributed by atoms with Crippen LogP contribution in [0.25, 0.3) is 0 Å². The summed E-state index contributed by atoms with van der Waals surface area (Å²) in [5.41, 5.74) is 5.72. The third-order valence-electron chi connectivity index (χ3n) is 3.46. The molecule has 0 radical (unpaired) electrons. The lowest BCUT2D eigenvalue weighted by Crippen LogP contribution is -2.55. The van der Waals surface area contributed by atoms with E-state index in [0.717, 1.165) is 19.5 Å². The van der Waals surface area contributed by atoms with Gasteiger partial charge in [-0.05, 0) is 6.42 Å². The van der Waals surface area contributed by atoms with Crippen LogP contribution < -0.4 is 10.5 Å². The fourth-order valence-corrected chi connectivity index (χ4v) is 3.41. The van der Waals surface area contributed by atoms with E-state index in [1.165, 1.54) is 4.31 Å². The molecule has 0 amide bonds. The molecule has 0 bridgehead atoms. The number of nitrogens with one attached hydrogen (secondary N) is 1. The van der Waals surface area contributed by atoms with Crippen molar-refractivity contribution < 1.29 is 13.2 Å². The molecular weight excluding hydrogens is 268 g/mol. The Bertz CT molecular complexity index is 338. The molecule has 1 aliphatic rings. The smallest absolute Gasteiger partial charge is 0.279 e. The van der Waals surface area contributed by atoms with Crippen molar-refractivity contribution in [3.63, 3.8) is 0 Å². The maximum absolute atomic E-state index is 12.0. The maximum Gasteiger partial charge on any atom is 0.279 e. The minimum Gasteiger partial charge on any atom is -0.383 e. The average Bonchev–Trinajstić information content (AvgIpc) is 2.41. The quantitative estimate of drug-likeness (QED) is 0.550. The second-order valence-corrected chi connectivity index (χ2v) is 6.38. The molecule has 1 heterocycles. The number of methoxy groups -OCH3 is 1. The molecular formula is C11H26N4O3S. The van der Waals surface area contributed by atoms with Crippen molar-refractivity contribution in [1.29, 1.82) is 0 Å². The monoisotopic (exact) mass is 294 g/mol. The summed E-state index contributed by atoms with van der Waals surface area (Å²) in [6, 6.07) is 0.353. The van der Waals surface area contributed by atoms with Crippen molar-refractivity contribution in [3.05, 3.63) is 0 Å². The number of piperazine rings is 1. The molecule has 1 atom stereocenters. The number of ether oxygens (including phenoxy) is 1. The first-order valence-corrected chi connectivity index (χ1v) is 8.17. The van der Waals surface area contributed by atoms with Crippen LogP contribution >= 0.6 is 0 Å². The van der Waals surface area contributed by atoms with Gasteiger partial charge >= 0.3 is 0 Å². The first kappa shape index (κ1) is 16.8. The van der Waals surface area contributed by atoms with E-state index in [-0.39, 0.29) is 0 Å². The van der Waals surface area contributed by atoms with Crippen molar-refractivity contribution in [2.24, 2.45) is 5.73 Å². The predicted molar refractivity (Wildman–Crippen MR) is 75.1 cm³/mol. The van der Waals surface area contributed by atoms with Crippen LogP contribution in [0.4, 0.5) is 0 Å². The highest BCUT2D eigenvalue weighted by Gasteiger charge is 2.28. The van der Waals surface area contributed by atoms with Crippen molar-refractivity contribution in [2.75, 3.05) is 53.0 Å². The number of nitrogens with zero attached hydrogens (tertiary/aromatic N) is 2. The molecule has 0 aliphatic carbocycles. The molecule has 7 nitrogen and oxygen atoms in total. The topological polar surface area (TPSA) is 87.9 Å². The van der Waals surface area contributed by atoms with Crippen LogP contribution in [-0.4, -0.2) is 76.6 Å². The highest BCUT2D eigenvalue weighted by molar-refractivity contribution is 7.87. The normalized spacial score (nSPS) is 20.6. The Balaban J connectivity index is 2.44. The van der Waals surface area contributed by atoms with E-state index in [1.807, 2.05) is 0 Å². The van der Waals surface area contributed by atoms with Gasteiger partial charge in [-0.3, -0.25) is 4.90 Å². The highest BCUT2D eigenvalue weighted by atomic mass is 32.2. The molecule has 0 aromatic heterocycles. The fourth-order valence-electron chi connectivity index (χ4n) is 2.25. The van der Waals surface area contributed by atoms with Gasteiger partial charge in [0.15, 0.2) is 0 Å². The third kappa shape index (κ3) is 4.97. The Morgan fingerprint density at radius 3 is 2.42 bits per heavy atom. The zero-order chi connectivity index (χ0) is 14.3. The van der Waals surface area contributed by atoms with E-state index in [1.54, 1.807) is 7.11 Å². The van der Waals surface area contributed by atoms with Gasteiger partial charge in [-0.25, -0.2) is 0 Å². The minimum absolute atomic E-state index is 0.305. The van der Waals surface area contributed by atoms with Gasteiger partial charge in [0, 0.05) is 52.4 Å². The molecule has 8 heteroatoms. The van der Waals surface area contributed by atoms with Gasteiger partial charge in [0.25, 0.3) is 10.2 Å². The summed E-state index contributed by atoms with van der Waals surface area (Å²) >= 11 is 0. The first-order valence-electron chi connectivity index (χ1n) is 6.73. The predicted octanol–water partition coefficient (Wildman–Crippen LogP) is -1.18. The summed E-state index contributed by atoms with van der Waals surface area (Å²) in [5, 5.41) is 0. The molecule has 3 N–H and O–H groups in total. The summed E-state index contributed by atoms with van der Waals surface area (Å²) in [4.78, 5) is 2.27. The van der Waals surface area contributed by atoms with Crippen molar-refractivity contribution in [3.8, 4) is 0 Å². The van der Waals surface area contributed by atoms with E-state index in [4.69, 9.17) is 10.5 Å². The number of nitrogens with two attached hydrogens (primary N) is 1. The zero-order valence-electron chi connectivity index (χ0n) is 11.8. The number of hydrogen-bond acceptors (Lipinski definition) is 5. The van der Waals surface area contributed by atoms with Crippen molar-refractivity contribution >= 4 is 10.2 Å². The van der Waals surface area contributed by atoms with Gasteiger partial charge in [-0.1, -0.05) is 6.92 Å². The van der Waals surface area contributed by atoms with Crippen LogP contribution in [0, 0.1) is 0 Å². The van der Waals surface area contributed by atoms with E-state index >= 15 is 0 Å². The second kappa shape index (κ2) is 8.13. The van der Waals surface area contributed by atoms with E-state index in [0.29, 0.717) is 38.8 Å². The Kier molecular flexibility index (Phi) is 7.19. The summed E-state index contributed by atoms with van der Waals surface area (Å²) in [7, 11) is -1.83. The lowest BCUT2D eigenvalue weighted by atomic mass is 10.1. The minimum atomic E-state index is -3.37. The fraction of sp³-hybridized carbons (Fsp3) is 1.00. The molecule has 0 spiro atoms. The van der Waals surface area contributed by atoms with Crippen LogP contribution in [0.2, 0.25) is 0 Å². The largest absolute Gasteiger partial charge is 0.383 e. The summed E-state index contributed by atoms with van der Waals surface area (Å²) < 4.78 is 32.8. The molecule has 1 rings (SSSR count). The standard InChI is InChI=1S/C11H26N4O3S/c1-3-11(10-12)14-5-7-15(8-6-14)19(16,17)13-4-9-18-2/h11,13H,3-10,12H2,1-2H3. The molecule has 0 saturated carbocycles. The van der Waals surface area contributed by atoms with Gasteiger partial charge in [0.2, 0.25) is 0 Å². The Morgan fingerprint density at radius 1 is 1.32 bits per heavy atom. The number of rotatable bonds is 8. The Labute approximate surface area is 116 Å². The molecule has 1 aliphatic heterocycles. The second-order valence-electron chi connectivity index (χ2n) is 4.62. The van der Waals surface area contributed by atoms with Crippen LogP contribution in [0.15, 0.2) is 0 Å². The van der Waals surface area contributed by atoms with Crippen molar-refractivity contribution in [1.82, 2.24) is 13.9 Å². The molecule has 1 unspecified atom stereocenters. The van der Waals surface area contributed by atoms with Crippen molar-refractivity contribution in [2.45, 2.75) is 19.4 Å². The molecule has 19 heavy (non-hydrogen) atoms. The third-order valence-corrected chi connectivity index (χ3v) is 5.08. The summed E-state index contributed by atoms with van der Waals surface area (Å²) in [6.45, 7) is 5.91. The maximum atomic E-state index is 12.0. The lowest BCUT2D eigenvalue weighted by Gasteiger charge is -2.37. The van der Waals surface area contributed by atoms with Gasteiger partial charge in [-0.2, -0.15) is 17.4 Å². The van der Waals surface area contributed by atoms with Gasteiger partial charge < -0.3 is 10.5 Å². The zero-order valence-corrected chi connectivity index (χ0v) is 12.7. The highest BCUT2D eigenvalue weighted by Crippen LogP contribution is 2.10. The Morgan fingerprint density at radius 2 is 1.95 bits per heavy atom. The van der Waals surface area contributed by atoms with Crippen LogP contribution in [0.5, 0.6) is 0 Å². The lowest BCUT2D eigenvalue weighted by molar-refractivity contribution is 0.136. The Hall–Kier alpha value is -0.250. The van der Waals surface area contributed by atoms with Crippen LogP contribution in [-0.2, 0) is 14.9 Å². The van der Waals surface area contributed by atoms with E-state index in [2.05, 4.69) is 16.5 Å². The van der Waals surface area contributed by atoms with Gasteiger partial charge in [0.05, 0.1) is 6.61 Å². The molecule has 1 saturated heterocycles. The summed E-state index contributed by atoms with van der Waals surface area (Å²) in [6.07, 6.45) is 0.995. The SMILES string of the molecule is CCC(CN)N1CCN(S(=O)(=O)NCCOC)CC1. The molecule has 1 fully saturated rings. The molecule has 114 valence electrons.